The highest BCUT2D eigenvalue weighted by Gasteiger charge is 2.32. The highest BCUT2D eigenvalue weighted by atomic mass is 16.4. The molecular formula is C16H23NO2. The van der Waals surface area contributed by atoms with E-state index in [-0.39, 0.29) is 12.1 Å². The SMILES string of the molecule is Cc1ccc(C)c(C(C)N2CCCCC2C(=O)O)c1. The topological polar surface area (TPSA) is 40.5 Å². The van der Waals surface area contributed by atoms with E-state index in [1.807, 2.05) is 0 Å². The second kappa shape index (κ2) is 5.74. The number of likely N-dealkylation sites (tertiary alicyclic amines) is 1. The van der Waals surface area contributed by atoms with Gasteiger partial charge in [-0.25, -0.2) is 0 Å². The van der Waals surface area contributed by atoms with Crippen molar-refractivity contribution in [2.45, 2.75) is 52.1 Å². The van der Waals surface area contributed by atoms with E-state index in [2.05, 4.69) is 43.9 Å². The van der Waals surface area contributed by atoms with Gasteiger partial charge in [-0.05, 0) is 51.3 Å². The molecule has 1 saturated heterocycles. The number of hydrogen-bond acceptors (Lipinski definition) is 2. The molecule has 3 nitrogen and oxygen atoms in total. The van der Waals surface area contributed by atoms with Crippen molar-refractivity contribution < 1.29 is 9.90 Å². The Morgan fingerprint density at radius 1 is 1.37 bits per heavy atom. The first-order chi connectivity index (χ1) is 9.00. The fraction of sp³-hybridized carbons (Fsp3) is 0.562. The number of piperidine rings is 1. The minimum Gasteiger partial charge on any atom is -0.480 e. The van der Waals surface area contributed by atoms with Crippen molar-refractivity contribution >= 4 is 5.97 Å². The van der Waals surface area contributed by atoms with E-state index in [9.17, 15) is 9.90 Å². The summed E-state index contributed by atoms with van der Waals surface area (Å²) in [6.07, 6.45) is 2.89. The molecule has 0 amide bonds. The van der Waals surface area contributed by atoms with Crippen LogP contribution >= 0.6 is 0 Å². The molecule has 0 bridgehead atoms. The fourth-order valence-corrected chi connectivity index (χ4v) is 3.07. The number of hydrogen-bond donors (Lipinski definition) is 1. The minimum absolute atomic E-state index is 0.168. The number of carboxylic acid groups (broad SMARTS) is 1. The van der Waals surface area contributed by atoms with Gasteiger partial charge < -0.3 is 5.11 Å². The second-order valence-electron chi connectivity index (χ2n) is 5.62. The normalized spacial score (nSPS) is 22.2. The standard InChI is InChI=1S/C16H23NO2/c1-11-7-8-12(2)14(10-11)13(3)17-9-5-4-6-15(17)16(18)19/h7-8,10,13,15H,4-6,9H2,1-3H3,(H,18,19). The van der Waals surface area contributed by atoms with E-state index in [4.69, 9.17) is 0 Å². The van der Waals surface area contributed by atoms with Crippen LogP contribution in [0.15, 0.2) is 18.2 Å². The van der Waals surface area contributed by atoms with E-state index in [0.717, 1.165) is 25.8 Å². The average Bonchev–Trinajstić information content (AvgIpc) is 2.40. The molecule has 0 aromatic heterocycles. The zero-order valence-corrected chi connectivity index (χ0v) is 12.0. The van der Waals surface area contributed by atoms with Gasteiger partial charge in [0, 0.05) is 6.04 Å². The Kier molecular flexibility index (Phi) is 4.25. The van der Waals surface area contributed by atoms with Crippen LogP contribution in [0.3, 0.4) is 0 Å². The van der Waals surface area contributed by atoms with Crippen LogP contribution < -0.4 is 0 Å². The number of nitrogens with zero attached hydrogens (tertiary/aromatic N) is 1. The number of rotatable bonds is 3. The quantitative estimate of drug-likeness (QED) is 0.907. The molecular weight excluding hydrogens is 238 g/mol. The summed E-state index contributed by atoms with van der Waals surface area (Å²) < 4.78 is 0. The van der Waals surface area contributed by atoms with E-state index in [1.165, 1.54) is 16.7 Å². The smallest absolute Gasteiger partial charge is 0.320 e. The molecule has 0 spiro atoms. The van der Waals surface area contributed by atoms with Crippen molar-refractivity contribution in [3.63, 3.8) is 0 Å². The number of benzene rings is 1. The van der Waals surface area contributed by atoms with E-state index in [0.29, 0.717) is 0 Å². The lowest BCUT2D eigenvalue weighted by atomic mass is 9.94. The monoisotopic (exact) mass is 261 g/mol. The van der Waals surface area contributed by atoms with Gasteiger partial charge in [0.1, 0.15) is 6.04 Å². The Morgan fingerprint density at radius 2 is 2.11 bits per heavy atom. The Bertz CT molecular complexity index is 470. The number of carbonyl (C=O) groups is 1. The Labute approximate surface area is 115 Å². The molecule has 2 atom stereocenters. The van der Waals surface area contributed by atoms with Gasteiger partial charge in [-0.2, -0.15) is 0 Å². The molecule has 1 aliphatic rings. The molecule has 0 saturated carbocycles. The van der Waals surface area contributed by atoms with Crippen LogP contribution in [0.4, 0.5) is 0 Å². The van der Waals surface area contributed by atoms with Crippen molar-refractivity contribution in [2.24, 2.45) is 0 Å². The van der Waals surface area contributed by atoms with Gasteiger partial charge in [-0.1, -0.05) is 30.2 Å². The number of aryl methyl sites for hydroxylation is 2. The van der Waals surface area contributed by atoms with Crippen LogP contribution in [-0.2, 0) is 4.79 Å². The van der Waals surface area contributed by atoms with Gasteiger partial charge in [-0.3, -0.25) is 9.69 Å². The largest absolute Gasteiger partial charge is 0.480 e. The summed E-state index contributed by atoms with van der Waals surface area (Å²) in [7, 11) is 0. The third-order valence-corrected chi connectivity index (χ3v) is 4.21. The molecule has 0 aliphatic carbocycles. The highest BCUT2D eigenvalue weighted by Crippen LogP contribution is 2.30. The molecule has 0 radical (unpaired) electrons. The summed E-state index contributed by atoms with van der Waals surface area (Å²) in [6, 6.07) is 6.26. The van der Waals surface area contributed by atoms with Crippen molar-refractivity contribution in [3.05, 3.63) is 34.9 Å². The van der Waals surface area contributed by atoms with Gasteiger partial charge in [-0.15, -0.1) is 0 Å². The van der Waals surface area contributed by atoms with Gasteiger partial charge >= 0.3 is 5.97 Å². The van der Waals surface area contributed by atoms with Gasteiger partial charge in [0.2, 0.25) is 0 Å². The van der Waals surface area contributed by atoms with Crippen LogP contribution in [-0.4, -0.2) is 28.6 Å². The molecule has 19 heavy (non-hydrogen) atoms. The third-order valence-electron chi connectivity index (χ3n) is 4.21. The first-order valence-electron chi connectivity index (χ1n) is 7.06. The lowest BCUT2D eigenvalue weighted by molar-refractivity contribution is -0.145. The predicted octanol–water partition coefficient (Wildman–Crippen LogP) is 3.30. The number of aliphatic carboxylic acids is 1. The lowest BCUT2D eigenvalue weighted by Gasteiger charge is -2.38. The fourth-order valence-electron chi connectivity index (χ4n) is 3.07. The van der Waals surface area contributed by atoms with Gasteiger partial charge in [0.05, 0.1) is 0 Å². The Balaban J connectivity index is 2.28. The predicted molar refractivity (Wildman–Crippen MR) is 76.3 cm³/mol. The summed E-state index contributed by atoms with van der Waals surface area (Å²) in [4.78, 5) is 13.6. The van der Waals surface area contributed by atoms with Crippen LogP contribution in [0.5, 0.6) is 0 Å². The molecule has 1 aliphatic heterocycles. The van der Waals surface area contributed by atoms with Crippen molar-refractivity contribution in [2.75, 3.05) is 6.54 Å². The van der Waals surface area contributed by atoms with E-state index >= 15 is 0 Å². The Hall–Kier alpha value is -1.35. The van der Waals surface area contributed by atoms with Crippen molar-refractivity contribution in [1.29, 1.82) is 0 Å². The molecule has 1 fully saturated rings. The summed E-state index contributed by atoms with van der Waals surface area (Å²) in [5.74, 6) is -0.683. The first-order valence-corrected chi connectivity index (χ1v) is 7.06. The van der Waals surface area contributed by atoms with Crippen LogP contribution in [0.25, 0.3) is 0 Å². The maximum atomic E-state index is 11.4. The minimum atomic E-state index is -0.683. The summed E-state index contributed by atoms with van der Waals surface area (Å²) in [6.45, 7) is 7.19. The number of carboxylic acids is 1. The molecule has 2 rings (SSSR count). The molecule has 1 heterocycles. The van der Waals surface area contributed by atoms with Crippen molar-refractivity contribution in [1.82, 2.24) is 4.90 Å². The zero-order valence-electron chi connectivity index (χ0n) is 12.0. The first kappa shape index (κ1) is 14.1. The van der Waals surface area contributed by atoms with Crippen LogP contribution in [0.1, 0.15) is 48.9 Å². The maximum Gasteiger partial charge on any atom is 0.320 e. The van der Waals surface area contributed by atoms with Crippen molar-refractivity contribution in [3.8, 4) is 0 Å². The molecule has 3 heteroatoms. The average molecular weight is 261 g/mol. The van der Waals surface area contributed by atoms with Gasteiger partial charge in [0.25, 0.3) is 0 Å². The van der Waals surface area contributed by atoms with Crippen LogP contribution in [0, 0.1) is 13.8 Å². The van der Waals surface area contributed by atoms with Crippen LogP contribution in [0.2, 0.25) is 0 Å². The molecule has 104 valence electrons. The summed E-state index contributed by atoms with van der Waals surface area (Å²) in [5.41, 5.74) is 3.73. The highest BCUT2D eigenvalue weighted by molar-refractivity contribution is 5.73. The van der Waals surface area contributed by atoms with Gasteiger partial charge in [0.15, 0.2) is 0 Å². The third kappa shape index (κ3) is 2.98. The Morgan fingerprint density at radius 3 is 2.79 bits per heavy atom. The molecule has 1 aromatic carbocycles. The second-order valence-corrected chi connectivity index (χ2v) is 5.62. The molecule has 2 unspecified atom stereocenters. The van der Waals surface area contributed by atoms with E-state index < -0.39 is 5.97 Å². The zero-order chi connectivity index (χ0) is 14.0. The molecule has 1 N–H and O–H groups in total. The molecule has 1 aromatic rings. The summed E-state index contributed by atoms with van der Waals surface area (Å²) in [5, 5.41) is 9.39. The summed E-state index contributed by atoms with van der Waals surface area (Å²) >= 11 is 0. The van der Waals surface area contributed by atoms with E-state index in [1.54, 1.807) is 0 Å². The maximum absolute atomic E-state index is 11.4. The lowest BCUT2D eigenvalue weighted by Crippen LogP contribution is -2.45.